The van der Waals surface area contributed by atoms with Gasteiger partial charge in [-0.3, -0.25) is 4.79 Å². The molecule has 0 saturated heterocycles. The van der Waals surface area contributed by atoms with Crippen molar-refractivity contribution in [3.05, 3.63) is 0 Å². The van der Waals surface area contributed by atoms with Crippen LogP contribution in [-0.4, -0.2) is 44.1 Å². The molecule has 0 aliphatic heterocycles. The highest BCUT2D eigenvalue weighted by Crippen LogP contribution is 1.63. The SMILES string of the molecule is CCN(C)C.O=C(O)[B]F. The van der Waals surface area contributed by atoms with Crippen LogP contribution in [-0.2, 0) is 0 Å². The first-order valence-electron chi connectivity index (χ1n) is 2.85. The maximum Gasteiger partial charge on any atom is 0.491 e. The molecule has 0 aromatic rings. The molecule has 0 aliphatic carbocycles. The lowest BCUT2D eigenvalue weighted by Crippen LogP contribution is -2.08. The molecule has 0 aromatic heterocycles. The zero-order chi connectivity index (χ0) is 8.57. The minimum atomic E-state index is -1.54. The van der Waals surface area contributed by atoms with Gasteiger partial charge in [-0.05, 0) is 20.6 Å². The minimum absolute atomic E-state index is 0.417. The third kappa shape index (κ3) is 26.1. The molecule has 0 spiro atoms. The molecule has 0 atom stereocenters. The molecular formula is C5H12BFNO2. The maximum absolute atomic E-state index is 10.4. The summed E-state index contributed by atoms with van der Waals surface area (Å²) in [5, 5.41) is 7.29. The number of hydrogen-bond donors (Lipinski definition) is 1. The first kappa shape index (κ1) is 12.1. The number of hydrogen-bond acceptors (Lipinski definition) is 2. The van der Waals surface area contributed by atoms with Crippen LogP contribution in [0.3, 0.4) is 0 Å². The monoisotopic (exact) mass is 148 g/mol. The Morgan fingerprint density at radius 3 is 1.90 bits per heavy atom. The van der Waals surface area contributed by atoms with Crippen molar-refractivity contribution in [3.63, 3.8) is 0 Å². The number of rotatable bonds is 2. The molecule has 59 valence electrons. The maximum atomic E-state index is 10.4. The summed E-state index contributed by atoms with van der Waals surface area (Å²) in [5.74, 6) is -1.54. The van der Waals surface area contributed by atoms with Crippen LogP contribution >= 0.6 is 0 Å². The third-order valence-corrected chi connectivity index (χ3v) is 0.726. The largest absolute Gasteiger partial charge is 0.491 e. The van der Waals surface area contributed by atoms with Crippen LogP contribution in [0, 0.1) is 0 Å². The Balaban J connectivity index is 0. The van der Waals surface area contributed by atoms with Crippen LogP contribution in [0.25, 0.3) is 0 Å². The summed E-state index contributed by atoms with van der Waals surface area (Å²) in [4.78, 5) is 11.1. The summed E-state index contributed by atoms with van der Waals surface area (Å²) >= 11 is 0. The average Bonchev–Trinajstić information content (AvgIpc) is 1.89. The Morgan fingerprint density at radius 1 is 1.70 bits per heavy atom. The molecule has 0 heterocycles. The molecule has 0 rings (SSSR count). The van der Waals surface area contributed by atoms with Gasteiger partial charge in [0.25, 0.3) is 5.87 Å². The molecule has 0 bridgehead atoms. The van der Waals surface area contributed by atoms with Gasteiger partial charge in [0, 0.05) is 0 Å². The molecule has 0 saturated carbocycles. The Hall–Kier alpha value is -0.575. The molecular weight excluding hydrogens is 136 g/mol. The molecule has 0 unspecified atom stereocenters. The lowest BCUT2D eigenvalue weighted by atomic mass is 10.1. The summed E-state index contributed by atoms with van der Waals surface area (Å²) < 4.78 is 10.4. The van der Waals surface area contributed by atoms with Gasteiger partial charge >= 0.3 is 7.56 Å². The normalized spacial score (nSPS) is 8.10. The second kappa shape index (κ2) is 8.42. The summed E-state index contributed by atoms with van der Waals surface area (Å²) in [7, 11) is 3.69. The van der Waals surface area contributed by atoms with Crippen LogP contribution in [0.1, 0.15) is 6.92 Å². The number of nitrogens with zero attached hydrogens (tertiary/aromatic N) is 1. The standard InChI is InChI=1S/C4H11N.CHBFO2/c1-4-5(2)3;3-2-1(4)5/h4H2,1-3H3;(H,4,5). The molecule has 5 heteroatoms. The number of carboxylic acid groups (broad SMARTS) is 1. The first-order valence-corrected chi connectivity index (χ1v) is 2.85. The fourth-order valence-corrected chi connectivity index (χ4v) is 0. The van der Waals surface area contributed by atoms with Crippen LogP contribution < -0.4 is 0 Å². The van der Waals surface area contributed by atoms with Gasteiger partial charge in [0.1, 0.15) is 0 Å². The van der Waals surface area contributed by atoms with E-state index in [0.717, 1.165) is 6.54 Å². The van der Waals surface area contributed by atoms with E-state index in [1.807, 2.05) is 0 Å². The fraction of sp³-hybridized carbons (Fsp3) is 0.800. The smallest absolute Gasteiger partial charge is 0.487 e. The quantitative estimate of drug-likeness (QED) is 0.589. The van der Waals surface area contributed by atoms with E-state index in [2.05, 4.69) is 25.9 Å². The van der Waals surface area contributed by atoms with E-state index in [1.54, 1.807) is 0 Å². The van der Waals surface area contributed by atoms with Crippen LogP contribution in [0.2, 0.25) is 0 Å². The molecule has 0 aliphatic rings. The van der Waals surface area contributed by atoms with Crippen LogP contribution in [0.5, 0.6) is 0 Å². The fourth-order valence-electron chi connectivity index (χ4n) is 0. The summed E-state index contributed by atoms with van der Waals surface area (Å²) in [6.07, 6.45) is 0. The van der Waals surface area contributed by atoms with Crippen molar-refractivity contribution in [3.8, 4) is 0 Å². The molecule has 0 fully saturated rings. The van der Waals surface area contributed by atoms with E-state index >= 15 is 0 Å². The Bertz CT molecular complexity index is 89.7. The first-order chi connectivity index (χ1) is 4.54. The van der Waals surface area contributed by atoms with Crippen molar-refractivity contribution >= 4 is 13.4 Å². The number of halogens is 1. The van der Waals surface area contributed by atoms with Gasteiger partial charge in [0.15, 0.2) is 0 Å². The second-order valence-corrected chi connectivity index (χ2v) is 1.84. The summed E-state index contributed by atoms with van der Waals surface area (Å²) in [6, 6.07) is 0. The average molecular weight is 148 g/mol. The highest BCUT2D eigenvalue weighted by Gasteiger charge is 1.93. The van der Waals surface area contributed by atoms with E-state index in [9.17, 15) is 4.32 Å². The van der Waals surface area contributed by atoms with Crippen molar-refractivity contribution < 1.29 is 14.2 Å². The van der Waals surface area contributed by atoms with Gasteiger partial charge in [-0.2, -0.15) is 0 Å². The van der Waals surface area contributed by atoms with Gasteiger partial charge in [-0.15, -0.1) is 0 Å². The van der Waals surface area contributed by atoms with E-state index in [1.165, 1.54) is 0 Å². The molecule has 0 amide bonds. The van der Waals surface area contributed by atoms with Gasteiger partial charge in [0.05, 0.1) is 0 Å². The van der Waals surface area contributed by atoms with Crippen molar-refractivity contribution in [1.29, 1.82) is 0 Å². The Kier molecular flexibility index (Phi) is 10.2. The van der Waals surface area contributed by atoms with Crippen molar-refractivity contribution in [2.45, 2.75) is 6.92 Å². The van der Waals surface area contributed by atoms with Gasteiger partial charge in [-0.1, -0.05) is 6.92 Å². The highest BCUT2D eigenvalue weighted by molar-refractivity contribution is 6.65. The molecule has 0 aromatic carbocycles. The Labute approximate surface area is 61.1 Å². The predicted octanol–water partition coefficient (Wildman–Crippen LogP) is 0.821. The van der Waals surface area contributed by atoms with Gasteiger partial charge in [-0.25, -0.2) is 0 Å². The highest BCUT2D eigenvalue weighted by atomic mass is 19.1. The molecule has 3 nitrogen and oxygen atoms in total. The topological polar surface area (TPSA) is 40.5 Å². The van der Waals surface area contributed by atoms with Crippen molar-refractivity contribution in [2.75, 3.05) is 20.6 Å². The zero-order valence-corrected chi connectivity index (χ0v) is 6.47. The second-order valence-electron chi connectivity index (χ2n) is 1.84. The molecule has 10 heavy (non-hydrogen) atoms. The lowest BCUT2D eigenvalue weighted by Gasteiger charge is -2.00. The van der Waals surface area contributed by atoms with Gasteiger partial charge < -0.3 is 14.3 Å². The van der Waals surface area contributed by atoms with E-state index < -0.39 is 13.4 Å². The summed E-state index contributed by atoms with van der Waals surface area (Å²) in [6.45, 7) is 3.26. The zero-order valence-electron chi connectivity index (χ0n) is 6.47. The summed E-state index contributed by atoms with van der Waals surface area (Å²) in [5.41, 5.74) is 0. The van der Waals surface area contributed by atoms with Crippen LogP contribution in [0.15, 0.2) is 0 Å². The Morgan fingerprint density at radius 2 is 1.90 bits per heavy atom. The predicted molar refractivity (Wildman–Crippen MR) is 39.1 cm³/mol. The number of carbonyl (C=O) groups is 1. The molecule has 1 radical (unpaired) electrons. The lowest BCUT2D eigenvalue weighted by molar-refractivity contribution is 0.218. The van der Waals surface area contributed by atoms with E-state index in [-0.39, 0.29) is 0 Å². The van der Waals surface area contributed by atoms with Crippen LogP contribution in [0.4, 0.5) is 9.11 Å². The van der Waals surface area contributed by atoms with Crippen molar-refractivity contribution in [2.24, 2.45) is 0 Å². The minimum Gasteiger partial charge on any atom is -0.487 e. The van der Waals surface area contributed by atoms with Gasteiger partial charge in [0.2, 0.25) is 0 Å². The van der Waals surface area contributed by atoms with E-state index in [4.69, 9.17) is 9.90 Å². The molecule has 1 N–H and O–H groups in total. The van der Waals surface area contributed by atoms with E-state index in [0.29, 0.717) is 0 Å². The third-order valence-electron chi connectivity index (χ3n) is 0.726. The van der Waals surface area contributed by atoms with Crippen molar-refractivity contribution in [1.82, 2.24) is 4.90 Å².